The van der Waals surface area contributed by atoms with Gasteiger partial charge in [0.05, 0.1) is 23.7 Å². The van der Waals surface area contributed by atoms with E-state index in [0.29, 0.717) is 12.3 Å². The maximum absolute atomic E-state index is 10.9. The van der Waals surface area contributed by atoms with Crippen LogP contribution in [0.4, 0.5) is 5.69 Å². The Morgan fingerprint density at radius 2 is 2.16 bits per heavy atom. The van der Waals surface area contributed by atoms with Crippen LogP contribution in [0.25, 0.3) is 0 Å². The van der Waals surface area contributed by atoms with Gasteiger partial charge in [0.25, 0.3) is 5.69 Å². The minimum absolute atomic E-state index is 0.0490. The highest BCUT2D eigenvalue weighted by Gasteiger charge is 2.26. The predicted molar refractivity (Wildman–Crippen MR) is 69.2 cm³/mol. The van der Waals surface area contributed by atoms with Crippen LogP contribution >= 0.6 is 0 Å². The smallest absolute Gasteiger partial charge is 0.275 e. The van der Waals surface area contributed by atoms with Crippen LogP contribution in [0.5, 0.6) is 5.75 Å². The van der Waals surface area contributed by atoms with Gasteiger partial charge in [0, 0.05) is 6.07 Å². The first kappa shape index (κ1) is 15.4. The zero-order valence-corrected chi connectivity index (χ0v) is 10.9. The number of aliphatic hydroxyl groups is 2. The zero-order valence-electron chi connectivity index (χ0n) is 10.9. The highest BCUT2D eigenvalue weighted by atomic mass is 16.6. The number of hydrogen-bond acceptors (Lipinski definition) is 6. The number of ether oxygens (including phenoxy) is 1. The normalized spacial score (nSPS) is 13.9. The molecule has 0 radical (unpaired) electrons. The zero-order chi connectivity index (χ0) is 14.4. The number of nitrogens with one attached hydrogen (secondary N) is 1. The van der Waals surface area contributed by atoms with Crippen LogP contribution in [0.1, 0.15) is 18.1 Å². The Bertz CT molecular complexity index is 438. The summed E-state index contributed by atoms with van der Waals surface area (Å²) in [6.45, 7) is 0.496. The molecule has 2 unspecified atom stereocenters. The highest BCUT2D eigenvalue weighted by Crippen LogP contribution is 2.31. The molecule has 0 spiro atoms. The topological polar surface area (TPSA) is 105 Å². The number of benzene rings is 1. The Kier molecular flexibility index (Phi) is 5.68. The summed E-state index contributed by atoms with van der Waals surface area (Å²) in [6, 6.07) is 4.06. The SMILES string of the molecule is CNCCC(O)C(O)c1cc(OC)ccc1[N+](=O)[O-]. The van der Waals surface area contributed by atoms with Crippen LogP contribution in [-0.4, -0.2) is 41.9 Å². The number of hydrogen-bond donors (Lipinski definition) is 3. The van der Waals surface area contributed by atoms with Crippen molar-refractivity contribution < 1.29 is 19.9 Å². The van der Waals surface area contributed by atoms with Gasteiger partial charge in [-0.1, -0.05) is 0 Å². The molecule has 0 aromatic heterocycles. The summed E-state index contributed by atoms with van der Waals surface area (Å²) in [5.41, 5.74) is -0.190. The Hall–Kier alpha value is -1.70. The van der Waals surface area contributed by atoms with Gasteiger partial charge in [-0.3, -0.25) is 10.1 Å². The fourth-order valence-corrected chi connectivity index (χ4v) is 1.72. The molecule has 0 bridgehead atoms. The molecule has 2 atom stereocenters. The summed E-state index contributed by atoms with van der Waals surface area (Å²) in [5, 5.41) is 33.6. The highest BCUT2D eigenvalue weighted by molar-refractivity contribution is 5.46. The van der Waals surface area contributed by atoms with Gasteiger partial charge in [-0.25, -0.2) is 0 Å². The van der Waals surface area contributed by atoms with E-state index >= 15 is 0 Å². The fourth-order valence-electron chi connectivity index (χ4n) is 1.72. The molecule has 7 nitrogen and oxygen atoms in total. The van der Waals surface area contributed by atoms with Crippen molar-refractivity contribution >= 4 is 5.69 Å². The Labute approximate surface area is 111 Å². The summed E-state index contributed by atoms with van der Waals surface area (Å²) >= 11 is 0. The fraction of sp³-hybridized carbons (Fsp3) is 0.500. The molecule has 106 valence electrons. The lowest BCUT2D eigenvalue weighted by Crippen LogP contribution is -2.24. The molecule has 1 aromatic carbocycles. The second kappa shape index (κ2) is 7.03. The summed E-state index contributed by atoms with van der Waals surface area (Å²) in [7, 11) is 3.14. The molecule has 3 N–H and O–H groups in total. The van der Waals surface area contributed by atoms with E-state index in [0.717, 1.165) is 0 Å². The van der Waals surface area contributed by atoms with E-state index in [2.05, 4.69) is 5.32 Å². The second-order valence-corrected chi connectivity index (χ2v) is 4.09. The Morgan fingerprint density at radius 3 is 2.68 bits per heavy atom. The minimum atomic E-state index is -1.33. The molecular formula is C12H18N2O5. The minimum Gasteiger partial charge on any atom is -0.497 e. The third-order valence-electron chi connectivity index (χ3n) is 2.80. The average molecular weight is 270 g/mol. The quantitative estimate of drug-likeness (QED) is 0.495. The number of aliphatic hydroxyl groups excluding tert-OH is 2. The van der Waals surface area contributed by atoms with Crippen LogP contribution in [0.3, 0.4) is 0 Å². The lowest BCUT2D eigenvalue weighted by Gasteiger charge is -2.18. The Morgan fingerprint density at radius 1 is 1.47 bits per heavy atom. The average Bonchev–Trinajstić information content (AvgIpc) is 2.42. The van der Waals surface area contributed by atoms with Gasteiger partial charge in [0.2, 0.25) is 0 Å². The number of nitrogens with zero attached hydrogens (tertiary/aromatic N) is 1. The molecule has 0 aliphatic carbocycles. The molecule has 19 heavy (non-hydrogen) atoms. The molecule has 0 fully saturated rings. The molecule has 1 rings (SSSR count). The molecule has 0 heterocycles. The van der Waals surface area contributed by atoms with Gasteiger partial charge in [-0.05, 0) is 32.1 Å². The first-order valence-electron chi connectivity index (χ1n) is 5.84. The summed E-state index contributed by atoms with van der Waals surface area (Å²) in [5.74, 6) is 0.389. The van der Waals surface area contributed by atoms with E-state index < -0.39 is 17.1 Å². The summed E-state index contributed by atoms with van der Waals surface area (Å²) < 4.78 is 4.97. The van der Waals surface area contributed by atoms with Crippen molar-refractivity contribution in [2.45, 2.75) is 18.6 Å². The van der Waals surface area contributed by atoms with Gasteiger partial charge in [-0.15, -0.1) is 0 Å². The first-order valence-corrected chi connectivity index (χ1v) is 5.84. The van der Waals surface area contributed by atoms with Crippen molar-refractivity contribution in [2.75, 3.05) is 20.7 Å². The van der Waals surface area contributed by atoms with E-state index in [1.165, 1.54) is 25.3 Å². The molecule has 7 heteroatoms. The van der Waals surface area contributed by atoms with Gasteiger partial charge in [0.15, 0.2) is 0 Å². The van der Waals surface area contributed by atoms with E-state index in [1.807, 2.05) is 0 Å². The predicted octanol–water partition coefficient (Wildman–Crippen LogP) is 0.607. The van der Waals surface area contributed by atoms with Crippen molar-refractivity contribution in [3.05, 3.63) is 33.9 Å². The van der Waals surface area contributed by atoms with Crippen molar-refractivity contribution in [3.63, 3.8) is 0 Å². The Balaban J connectivity index is 3.04. The standard InChI is InChI=1S/C12H18N2O5/c1-13-6-5-11(15)12(16)9-7-8(19-2)3-4-10(9)14(17)18/h3-4,7,11-13,15-16H,5-6H2,1-2H3. The van der Waals surface area contributed by atoms with Gasteiger partial charge < -0.3 is 20.3 Å². The van der Waals surface area contributed by atoms with Gasteiger partial charge >= 0.3 is 0 Å². The molecule has 0 aliphatic rings. The number of nitro groups is 1. The van der Waals surface area contributed by atoms with Crippen LogP contribution in [0, 0.1) is 10.1 Å². The van der Waals surface area contributed by atoms with Crippen LogP contribution < -0.4 is 10.1 Å². The number of methoxy groups -OCH3 is 1. The molecule has 0 saturated heterocycles. The first-order chi connectivity index (χ1) is 9.01. The largest absolute Gasteiger partial charge is 0.497 e. The third kappa shape index (κ3) is 3.88. The monoisotopic (exact) mass is 270 g/mol. The lowest BCUT2D eigenvalue weighted by molar-refractivity contribution is -0.386. The van der Waals surface area contributed by atoms with Crippen molar-refractivity contribution in [1.29, 1.82) is 0 Å². The van der Waals surface area contributed by atoms with Crippen molar-refractivity contribution in [3.8, 4) is 5.75 Å². The van der Waals surface area contributed by atoms with Crippen molar-refractivity contribution in [2.24, 2.45) is 0 Å². The van der Waals surface area contributed by atoms with E-state index in [-0.39, 0.29) is 17.7 Å². The molecular weight excluding hydrogens is 252 g/mol. The number of rotatable bonds is 7. The maximum atomic E-state index is 10.9. The van der Waals surface area contributed by atoms with Crippen LogP contribution in [0.15, 0.2) is 18.2 Å². The summed E-state index contributed by atoms with van der Waals surface area (Å²) in [4.78, 5) is 10.3. The van der Waals surface area contributed by atoms with Gasteiger partial charge in [-0.2, -0.15) is 0 Å². The summed E-state index contributed by atoms with van der Waals surface area (Å²) in [6.07, 6.45) is -2.13. The van der Waals surface area contributed by atoms with E-state index in [1.54, 1.807) is 7.05 Å². The van der Waals surface area contributed by atoms with E-state index in [4.69, 9.17) is 4.74 Å². The lowest BCUT2D eigenvalue weighted by atomic mass is 10.00. The van der Waals surface area contributed by atoms with E-state index in [9.17, 15) is 20.3 Å². The van der Waals surface area contributed by atoms with Crippen LogP contribution in [-0.2, 0) is 0 Å². The second-order valence-electron chi connectivity index (χ2n) is 4.09. The van der Waals surface area contributed by atoms with Crippen LogP contribution in [0.2, 0.25) is 0 Å². The van der Waals surface area contributed by atoms with Crippen molar-refractivity contribution in [1.82, 2.24) is 5.32 Å². The van der Waals surface area contributed by atoms with Gasteiger partial charge in [0.1, 0.15) is 11.9 Å². The number of nitro benzene ring substituents is 1. The molecule has 0 amide bonds. The molecule has 0 aliphatic heterocycles. The third-order valence-corrected chi connectivity index (χ3v) is 2.80. The molecule has 0 saturated carbocycles. The molecule has 1 aromatic rings. The maximum Gasteiger partial charge on any atom is 0.275 e.